The lowest BCUT2D eigenvalue weighted by molar-refractivity contribution is -0.148. The van der Waals surface area contributed by atoms with Crippen molar-refractivity contribution in [2.45, 2.75) is 45.2 Å². The van der Waals surface area contributed by atoms with E-state index in [1.165, 1.54) is 0 Å². The Balaban J connectivity index is 2.12. The molecule has 24 heavy (non-hydrogen) atoms. The number of carbonyl (C=O) groups excluding carboxylic acids is 1. The second kappa shape index (κ2) is 8.06. The number of rotatable bonds is 7. The summed E-state index contributed by atoms with van der Waals surface area (Å²) in [6.07, 6.45) is 0.611. The zero-order chi connectivity index (χ0) is 17.7. The van der Waals surface area contributed by atoms with E-state index in [0.29, 0.717) is 6.42 Å². The van der Waals surface area contributed by atoms with Crippen LogP contribution in [0.4, 0.5) is 0 Å². The molecule has 0 bridgehead atoms. The van der Waals surface area contributed by atoms with Gasteiger partial charge in [-0.25, -0.2) is 18.6 Å². The first-order valence-electron chi connectivity index (χ1n) is 8.10. The molecule has 1 heterocycles. The van der Waals surface area contributed by atoms with Crippen LogP contribution in [0.15, 0.2) is 24.3 Å². The SMILES string of the molecule is CCOC(=O)C1C(CC)NNC1S(=O)(=O)NCc1cccc(C)c1. The minimum atomic E-state index is -3.75. The number of benzene rings is 1. The van der Waals surface area contributed by atoms with Crippen molar-refractivity contribution in [1.82, 2.24) is 15.6 Å². The van der Waals surface area contributed by atoms with E-state index in [9.17, 15) is 13.2 Å². The minimum Gasteiger partial charge on any atom is -0.466 e. The number of hydrogen-bond acceptors (Lipinski definition) is 6. The molecule has 1 aromatic carbocycles. The molecule has 0 spiro atoms. The molecule has 0 aromatic heterocycles. The lowest BCUT2D eigenvalue weighted by atomic mass is 10.00. The lowest BCUT2D eigenvalue weighted by Gasteiger charge is -2.21. The van der Waals surface area contributed by atoms with Crippen molar-refractivity contribution >= 4 is 16.0 Å². The van der Waals surface area contributed by atoms with E-state index >= 15 is 0 Å². The number of aryl methyl sites for hydroxylation is 1. The smallest absolute Gasteiger partial charge is 0.313 e. The molecular formula is C16H25N3O4S. The van der Waals surface area contributed by atoms with Crippen LogP contribution in [-0.4, -0.2) is 32.4 Å². The quantitative estimate of drug-likeness (QED) is 0.626. The standard InChI is InChI=1S/C16H25N3O4S/c1-4-13-14(16(20)23-5-2)15(19-18-13)24(21,22)17-10-12-8-6-7-11(3)9-12/h6-9,13-15,17-19H,4-5,10H2,1-3H3. The van der Waals surface area contributed by atoms with E-state index in [1.54, 1.807) is 6.92 Å². The van der Waals surface area contributed by atoms with Crippen molar-refractivity contribution in [3.8, 4) is 0 Å². The molecule has 3 unspecified atom stereocenters. The van der Waals surface area contributed by atoms with Gasteiger partial charge >= 0.3 is 5.97 Å². The minimum absolute atomic E-state index is 0.175. The predicted octanol–water partition coefficient (Wildman–Crippen LogP) is 0.806. The van der Waals surface area contributed by atoms with Gasteiger partial charge < -0.3 is 4.74 Å². The van der Waals surface area contributed by atoms with Crippen LogP contribution in [0.3, 0.4) is 0 Å². The average molecular weight is 355 g/mol. The van der Waals surface area contributed by atoms with E-state index in [1.807, 2.05) is 38.1 Å². The molecule has 0 amide bonds. The maximum absolute atomic E-state index is 12.7. The Morgan fingerprint density at radius 3 is 2.67 bits per heavy atom. The average Bonchev–Trinajstić information content (AvgIpc) is 2.98. The number of ether oxygens (including phenoxy) is 1. The van der Waals surface area contributed by atoms with Crippen molar-refractivity contribution in [3.05, 3.63) is 35.4 Å². The van der Waals surface area contributed by atoms with Crippen molar-refractivity contribution in [3.63, 3.8) is 0 Å². The van der Waals surface area contributed by atoms with E-state index in [-0.39, 0.29) is 19.2 Å². The highest BCUT2D eigenvalue weighted by atomic mass is 32.2. The van der Waals surface area contributed by atoms with E-state index in [4.69, 9.17) is 4.74 Å². The van der Waals surface area contributed by atoms with Gasteiger partial charge in [0.05, 0.1) is 6.61 Å². The fraction of sp³-hybridized carbons (Fsp3) is 0.562. The molecule has 0 saturated carbocycles. The molecule has 0 radical (unpaired) electrons. The van der Waals surface area contributed by atoms with E-state index in [0.717, 1.165) is 11.1 Å². The molecule has 3 atom stereocenters. The Bertz CT molecular complexity index is 678. The second-order valence-electron chi connectivity index (χ2n) is 5.86. The van der Waals surface area contributed by atoms with Gasteiger partial charge in [-0.1, -0.05) is 36.8 Å². The highest BCUT2D eigenvalue weighted by molar-refractivity contribution is 7.90. The number of esters is 1. The van der Waals surface area contributed by atoms with Gasteiger partial charge in [-0.3, -0.25) is 10.2 Å². The first-order valence-corrected chi connectivity index (χ1v) is 9.65. The van der Waals surface area contributed by atoms with Gasteiger partial charge in [0, 0.05) is 12.6 Å². The summed E-state index contributed by atoms with van der Waals surface area (Å²) in [5, 5.41) is -1.06. The summed E-state index contributed by atoms with van der Waals surface area (Å²) in [5.41, 5.74) is 7.55. The molecule has 0 aliphatic carbocycles. The lowest BCUT2D eigenvalue weighted by Crippen LogP contribution is -2.47. The molecule has 1 saturated heterocycles. The maximum Gasteiger partial charge on any atom is 0.313 e. The highest BCUT2D eigenvalue weighted by Gasteiger charge is 2.47. The maximum atomic E-state index is 12.7. The van der Waals surface area contributed by atoms with Crippen LogP contribution in [0.5, 0.6) is 0 Å². The third kappa shape index (κ3) is 4.32. The number of hydrogen-bond donors (Lipinski definition) is 3. The third-order valence-corrected chi connectivity index (χ3v) is 5.69. The van der Waals surface area contributed by atoms with Crippen LogP contribution >= 0.6 is 0 Å². The monoisotopic (exact) mass is 355 g/mol. The summed E-state index contributed by atoms with van der Waals surface area (Å²) >= 11 is 0. The van der Waals surface area contributed by atoms with E-state index < -0.39 is 27.3 Å². The van der Waals surface area contributed by atoms with E-state index in [2.05, 4.69) is 15.6 Å². The van der Waals surface area contributed by atoms with Gasteiger partial charge in [-0.15, -0.1) is 0 Å². The van der Waals surface area contributed by atoms with Gasteiger partial charge in [0.2, 0.25) is 10.0 Å². The van der Waals surface area contributed by atoms with Crippen molar-refractivity contribution in [1.29, 1.82) is 0 Å². The normalized spacial score (nSPS) is 24.0. The molecule has 2 rings (SSSR count). The summed E-state index contributed by atoms with van der Waals surface area (Å²) in [6, 6.07) is 7.31. The van der Waals surface area contributed by atoms with Crippen LogP contribution in [-0.2, 0) is 26.1 Å². The third-order valence-electron chi connectivity index (χ3n) is 4.06. The molecule has 7 nitrogen and oxygen atoms in total. The first-order chi connectivity index (χ1) is 11.4. The fourth-order valence-corrected chi connectivity index (χ4v) is 4.29. The summed E-state index contributed by atoms with van der Waals surface area (Å²) in [5.74, 6) is -1.29. The molecule has 3 N–H and O–H groups in total. The Morgan fingerprint density at radius 1 is 1.29 bits per heavy atom. The zero-order valence-electron chi connectivity index (χ0n) is 14.2. The highest BCUT2D eigenvalue weighted by Crippen LogP contribution is 2.23. The van der Waals surface area contributed by atoms with Crippen LogP contribution in [0.1, 0.15) is 31.4 Å². The summed E-state index contributed by atoms with van der Waals surface area (Å²) in [6.45, 7) is 5.93. The number of carbonyl (C=O) groups is 1. The number of nitrogens with one attached hydrogen (secondary N) is 3. The molecule has 1 aliphatic heterocycles. The van der Waals surface area contributed by atoms with Crippen LogP contribution in [0.25, 0.3) is 0 Å². The Hall–Kier alpha value is -1.48. The van der Waals surface area contributed by atoms with Gasteiger partial charge in [0.25, 0.3) is 0 Å². The van der Waals surface area contributed by atoms with Crippen molar-refractivity contribution in [2.75, 3.05) is 6.61 Å². The first kappa shape index (κ1) is 18.9. The van der Waals surface area contributed by atoms with Gasteiger partial charge in [-0.2, -0.15) is 0 Å². The molecule has 1 aromatic rings. The molecule has 1 fully saturated rings. The molecule has 134 valence electrons. The summed E-state index contributed by atoms with van der Waals surface area (Å²) < 4.78 is 32.9. The number of sulfonamides is 1. The molecule has 8 heteroatoms. The molecule has 1 aliphatic rings. The van der Waals surface area contributed by atoms with Gasteiger partial charge in [0.15, 0.2) is 5.37 Å². The largest absolute Gasteiger partial charge is 0.466 e. The fourth-order valence-electron chi connectivity index (χ4n) is 2.83. The number of hydrazine groups is 1. The predicted molar refractivity (Wildman–Crippen MR) is 91.2 cm³/mol. The van der Waals surface area contributed by atoms with Crippen molar-refractivity contribution < 1.29 is 17.9 Å². The zero-order valence-corrected chi connectivity index (χ0v) is 15.0. The molecular weight excluding hydrogens is 330 g/mol. The summed E-state index contributed by atoms with van der Waals surface area (Å²) in [4.78, 5) is 12.2. The van der Waals surface area contributed by atoms with Gasteiger partial charge in [0.1, 0.15) is 5.92 Å². The topological polar surface area (TPSA) is 96.5 Å². The van der Waals surface area contributed by atoms with Crippen molar-refractivity contribution in [2.24, 2.45) is 5.92 Å². The van der Waals surface area contributed by atoms with Crippen LogP contribution < -0.4 is 15.6 Å². The summed E-state index contributed by atoms with van der Waals surface area (Å²) in [7, 11) is -3.75. The Kier molecular flexibility index (Phi) is 6.34. The Morgan fingerprint density at radius 2 is 2.04 bits per heavy atom. The van der Waals surface area contributed by atoms with Gasteiger partial charge in [-0.05, 0) is 25.8 Å². The van der Waals surface area contributed by atoms with Crippen LogP contribution in [0.2, 0.25) is 0 Å². The second-order valence-corrected chi connectivity index (χ2v) is 7.74. The van der Waals surface area contributed by atoms with Crippen LogP contribution in [0, 0.1) is 12.8 Å². The Labute approximate surface area is 143 Å².